The molecule has 4 heteroatoms. The number of nitriles is 1. The van der Waals surface area contributed by atoms with Crippen LogP contribution in [0.15, 0.2) is 54.6 Å². The monoisotopic (exact) mass is 329 g/mol. The van der Waals surface area contributed by atoms with Crippen LogP contribution < -0.4 is 10.5 Å². The van der Waals surface area contributed by atoms with Gasteiger partial charge >= 0.3 is 0 Å². The molecular weight excluding hydrogens is 310 g/mol. The summed E-state index contributed by atoms with van der Waals surface area (Å²) in [5.74, 6) is 0.980. The number of pyridine rings is 1. The first kappa shape index (κ1) is 16.5. The average molecular weight is 329 g/mol. The van der Waals surface area contributed by atoms with Crippen molar-refractivity contribution in [2.45, 2.75) is 13.3 Å². The van der Waals surface area contributed by atoms with Crippen LogP contribution in [-0.2, 0) is 6.42 Å². The Labute approximate surface area is 147 Å². The smallest absolute Gasteiger partial charge is 0.142 e. The van der Waals surface area contributed by atoms with Crippen molar-refractivity contribution < 1.29 is 4.74 Å². The van der Waals surface area contributed by atoms with E-state index >= 15 is 0 Å². The van der Waals surface area contributed by atoms with Gasteiger partial charge in [-0.15, -0.1) is 0 Å². The number of nitrogens with two attached hydrogens (primary N) is 1. The molecular formula is C21H19N3O. The van der Waals surface area contributed by atoms with Crippen molar-refractivity contribution in [3.05, 3.63) is 65.7 Å². The normalized spacial score (nSPS) is 10.3. The van der Waals surface area contributed by atoms with Gasteiger partial charge in [-0.3, -0.25) is 0 Å². The van der Waals surface area contributed by atoms with E-state index in [9.17, 15) is 5.26 Å². The molecule has 3 rings (SSSR count). The summed E-state index contributed by atoms with van der Waals surface area (Å²) >= 11 is 0. The molecule has 0 aliphatic rings. The molecule has 0 spiro atoms. The summed E-state index contributed by atoms with van der Waals surface area (Å²) < 4.78 is 5.28. The van der Waals surface area contributed by atoms with E-state index < -0.39 is 0 Å². The summed E-state index contributed by atoms with van der Waals surface area (Å²) in [6, 6.07) is 19.9. The topological polar surface area (TPSA) is 71.9 Å². The minimum atomic E-state index is 0.234. The lowest BCUT2D eigenvalue weighted by Gasteiger charge is -2.11. The van der Waals surface area contributed by atoms with Gasteiger partial charge in [-0.2, -0.15) is 5.26 Å². The molecule has 2 N–H and O–H groups in total. The molecule has 2 aromatic carbocycles. The predicted molar refractivity (Wildman–Crippen MR) is 100 cm³/mol. The maximum atomic E-state index is 9.51. The van der Waals surface area contributed by atoms with Gasteiger partial charge in [0.2, 0.25) is 0 Å². The van der Waals surface area contributed by atoms with Crippen LogP contribution in [-0.4, -0.2) is 12.1 Å². The number of nitrogens with zero attached hydrogens (tertiary/aromatic N) is 2. The Kier molecular flexibility index (Phi) is 4.67. The van der Waals surface area contributed by atoms with Crippen LogP contribution in [0.4, 0.5) is 5.82 Å². The Morgan fingerprint density at radius 3 is 2.48 bits per heavy atom. The second-order valence-corrected chi connectivity index (χ2v) is 5.71. The van der Waals surface area contributed by atoms with Gasteiger partial charge in [0, 0.05) is 11.1 Å². The van der Waals surface area contributed by atoms with Gasteiger partial charge < -0.3 is 10.5 Å². The van der Waals surface area contributed by atoms with Crippen molar-refractivity contribution in [2.75, 3.05) is 12.8 Å². The van der Waals surface area contributed by atoms with Crippen LogP contribution in [0.1, 0.15) is 18.1 Å². The molecule has 124 valence electrons. The van der Waals surface area contributed by atoms with E-state index in [0.29, 0.717) is 11.3 Å². The number of hydrogen-bond acceptors (Lipinski definition) is 4. The largest absolute Gasteiger partial charge is 0.497 e. The summed E-state index contributed by atoms with van der Waals surface area (Å²) in [7, 11) is 1.63. The molecule has 1 heterocycles. The highest BCUT2D eigenvalue weighted by molar-refractivity contribution is 5.80. The summed E-state index contributed by atoms with van der Waals surface area (Å²) in [6.07, 6.45) is 0.971. The molecule has 0 bridgehead atoms. The van der Waals surface area contributed by atoms with Gasteiger partial charge in [-0.05, 0) is 35.7 Å². The highest BCUT2D eigenvalue weighted by Gasteiger charge is 2.13. The van der Waals surface area contributed by atoms with E-state index in [1.54, 1.807) is 7.11 Å². The highest BCUT2D eigenvalue weighted by atomic mass is 16.5. The number of rotatable bonds is 4. The van der Waals surface area contributed by atoms with Crippen LogP contribution in [0.5, 0.6) is 5.75 Å². The van der Waals surface area contributed by atoms with Crippen molar-refractivity contribution in [3.63, 3.8) is 0 Å². The van der Waals surface area contributed by atoms with Gasteiger partial charge in [0.25, 0.3) is 0 Å². The molecule has 0 amide bonds. The average Bonchev–Trinajstić information content (AvgIpc) is 2.67. The number of benzene rings is 2. The number of methoxy groups -OCH3 is 1. The zero-order chi connectivity index (χ0) is 17.8. The van der Waals surface area contributed by atoms with Gasteiger partial charge in [-0.1, -0.05) is 43.3 Å². The number of nitrogen functional groups attached to an aromatic ring is 1. The van der Waals surface area contributed by atoms with E-state index in [0.717, 1.165) is 28.9 Å². The lowest BCUT2D eigenvalue weighted by Crippen LogP contribution is -2.00. The first-order valence-electron chi connectivity index (χ1n) is 8.10. The highest BCUT2D eigenvalue weighted by Crippen LogP contribution is 2.32. The summed E-state index contributed by atoms with van der Waals surface area (Å²) in [4.78, 5) is 4.41. The third-order valence-corrected chi connectivity index (χ3v) is 4.20. The van der Waals surface area contributed by atoms with Gasteiger partial charge in [0.15, 0.2) is 0 Å². The zero-order valence-electron chi connectivity index (χ0n) is 14.3. The third kappa shape index (κ3) is 3.31. The first-order valence-corrected chi connectivity index (χ1v) is 8.10. The number of aryl methyl sites for hydroxylation is 1. The lowest BCUT2D eigenvalue weighted by molar-refractivity contribution is 0.415. The number of anilines is 1. The molecule has 0 unspecified atom stereocenters. The van der Waals surface area contributed by atoms with Crippen molar-refractivity contribution in [3.8, 4) is 34.2 Å². The molecule has 0 aliphatic carbocycles. The number of aromatic nitrogens is 1. The SMILES string of the molecule is CCc1ccc(-c2cc(-c3cccc(OC)c3)nc(N)c2C#N)cc1. The quantitative estimate of drug-likeness (QED) is 0.768. The Hall–Kier alpha value is -3.32. The maximum Gasteiger partial charge on any atom is 0.142 e. The van der Waals surface area contributed by atoms with E-state index in [4.69, 9.17) is 10.5 Å². The van der Waals surface area contributed by atoms with Gasteiger partial charge in [0.1, 0.15) is 23.2 Å². The Morgan fingerprint density at radius 2 is 1.84 bits per heavy atom. The molecule has 0 saturated carbocycles. The van der Waals surface area contributed by atoms with Crippen molar-refractivity contribution in [1.82, 2.24) is 4.98 Å². The van der Waals surface area contributed by atoms with Crippen LogP contribution in [0.3, 0.4) is 0 Å². The summed E-state index contributed by atoms with van der Waals surface area (Å²) in [5, 5.41) is 9.51. The van der Waals surface area contributed by atoms with Crippen molar-refractivity contribution >= 4 is 5.82 Å². The molecule has 4 nitrogen and oxygen atoms in total. The molecule has 25 heavy (non-hydrogen) atoms. The second kappa shape index (κ2) is 7.06. The summed E-state index contributed by atoms with van der Waals surface area (Å²) in [6.45, 7) is 2.11. The van der Waals surface area contributed by atoms with Crippen LogP contribution in [0.2, 0.25) is 0 Å². The first-order chi connectivity index (χ1) is 12.2. The Balaban J connectivity index is 2.16. The third-order valence-electron chi connectivity index (χ3n) is 4.20. The van der Waals surface area contributed by atoms with E-state index in [-0.39, 0.29) is 5.82 Å². The molecule has 0 fully saturated rings. The minimum Gasteiger partial charge on any atom is -0.497 e. The molecule has 1 aromatic heterocycles. The fourth-order valence-electron chi connectivity index (χ4n) is 2.76. The van der Waals surface area contributed by atoms with Crippen LogP contribution >= 0.6 is 0 Å². The summed E-state index contributed by atoms with van der Waals surface area (Å²) in [5.41, 5.74) is 11.1. The van der Waals surface area contributed by atoms with Crippen molar-refractivity contribution in [2.24, 2.45) is 0 Å². The van der Waals surface area contributed by atoms with E-state index in [1.807, 2.05) is 42.5 Å². The molecule has 3 aromatic rings. The van der Waals surface area contributed by atoms with Gasteiger partial charge in [0.05, 0.1) is 12.8 Å². The van der Waals surface area contributed by atoms with Crippen LogP contribution in [0, 0.1) is 11.3 Å². The van der Waals surface area contributed by atoms with Crippen molar-refractivity contribution in [1.29, 1.82) is 5.26 Å². The van der Waals surface area contributed by atoms with Gasteiger partial charge in [-0.25, -0.2) is 4.98 Å². The standard InChI is InChI=1S/C21H19N3O/c1-3-14-7-9-15(10-8-14)18-12-20(24-21(23)19(18)13-22)16-5-4-6-17(11-16)25-2/h4-12H,3H2,1-2H3,(H2,23,24). The molecule has 0 saturated heterocycles. The van der Waals surface area contributed by atoms with E-state index in [2.05, 4.69) is 30.1 Å². The van der Waals surface area contributed by atoms with E-state index in [1.165, 1.54) is 5.56 Å². The fourth-order valence-corrected chi connectivity index (χ4v) is 2.76. The fraction of sp³-hybridized carbons (Fsp3) is 0.143. The Morgan fingerprint density at radius 1 is 1.08 bits per heavy atom. The second-order valence-electron chi connectivity index (χ2n) is 5.71. The molecule has 0 aliphatic heterocycles. The maximum absolute atomic E-state index is 9.51. The molecule has 0 radical (unpaired) electrons. The Bertz CT molecular complexity index is 940. The minimum absolute atomic E-state index is 0.234. The predicted octanol–water partition coefficient (Wildman–Crippen LogP) is 4.44. The lowest BCUT2D eigenvalue weighted by atomic mass is 9.97. The molecule has 0 atom stereocenters. The number of hydrogen-bond donors (Lipinski definition) is 1. The number of ether oxygens (including phenoxy) is 1. The zero-order valence-corrected chi connectivity index (χ0v) is 14.3. The van der Waals surface area contributed by atoms with Crippen LogP contribution in [0.25, 0.3) is 22.4 Å².